The second-order valence-electron chi connectivity index (χ2n) is 8.10. The molecular formula is C27H29N3O2. The van der Waals surface area contributed by atoms with Crippen LogP contribution in [0.2, 0.25) is 0 Å². The average Bonchev–Trinajstić information content (AvgIpc) is 3.23. The Labute approximate surface area is 188 Å². The van der Waals surface area contributed by atoms with Gasteiger partial charge in [0.1, 0.15) is 5.75 Å². The van der Waals surface area contributed by atoms with Gasteiger partial charge in [0.2, 0.25) is 5.91 Å². The average molecular weight is 428 g/mol. The minimum Gasteiger partial charge on any atom is -0.497 e. The number of rotatable bonds is 8. The fraction of sp³-hybridized carbons (Fsp3) is 0.222. The maximum atomic E-state index is 12.8. The van der Waals surface area contributed by atoms with E-state index in [-0.39, 0.29) is 17.9 Å². The van der Waals surface area contributed by atoms with Crippen LogP contribution in [-0.4, -0.2) is 30.6 Å². The zero-order valence-corrected chi connectivity index (χ0v) is 18.7. The standard InChI is InChI=1S/C27H29N3O2/c1-18-7-6-8-21(15-18)30-27(31)19(2)28-16-24(20-11-13-22(32-3)14-12-20)25-17-29-26-10-5-4-9-23(25)26/h4-15,17,19,24,28-29H,16H2,1-3H3,(H,30,31)/t19-,24-/m1/s1. The quantitative estimate of drug-likeness (QED) is 0.361. The molecule has 0 saturated heterocycles. The summed E-state index contributed by atoms with van der Waals surface area (Å²) in [4.78, 5) is 16.1. The Hall–Kier alpha value is -3.57. The van der Waals surface area contributed by atoms with Crippen molar-refractivity contribution in [3.63, 3.8) is 0 Å². The number of carbonyl (C=O) groups excluding carboxylic acids is 1. The molecule has 0 bridgehead atoms. The van der Waals surface area contributed by atoms with E-state index in [1.54, 1.807) is 7.11 Å². The molecule has 32 heavy (non-hydrogen) atoms. The summed E-state index contributed by atoms with van der Waals surface area (Å²) in [5.41, 5.74) is 5.39. The summed E-state index contributed by atoms with van der Waals surface area (Å²) in [6, 6.07) is 23.9. The van der Waals surface area contributed by atoms with Crippen molar-refractivity contribution in [1.82, 2.24) is 10.3 Å². The number of anilines is 1. The van der Waals surface area contributed by atoms with Crippen LogP contribution in [0.3, 0.4) is 0 Å². The fourth-order valence-electron chi connectivity index (χ4n) is 3.99. The van der Waals surface area contributed by atoms with Crippen LogP contribution in [0.25, 0.3) is 10.9 Å². The van der Waals surface area contributed by atoms with Gasteiger partial charge in [0, 0.05) is 35.2 Å². The van der Waals surface area contributed by atoms with Crippen LogP contribution in [0.5, 0.6) is 5.75 Å². The molecule has 0 radical (unpaired) electrons. The maximum Gasteiger partial charge on any atom is 0.241 e. The van der Waals surface area contributed by atoms with Crippen LogP contribution in [0.1, 0.15) is 29.5 Å². The van der Waals surface area contributed by atoms with Gasteiger partial charge in [0.25, 0.3) is 0 Å². The lowest BCUT2D eigenvalue weighted by molar-refractivity contribution is -0.117. The van der Waals surface area contributed by atoms with Gasteiger partial charge in [-0.15, -0.1) is 0 Å². The van der Waals surface area contributed by atoms with Crippen molar-refractivity contribution in [3.05, 3.63) is 95.7 Å². The highest BCUT2D eigenvalue weighted by Gasteiger charge is 2.21. The summed E-state index contributed by atoms with van der Waals surface area (Å²) >= 11 is 0. The van der Waals surface area contributed by atoms with Crippen LogP contribution in [0.15, 0.2) is 79.0 Å². The highest BCUT2D eigenvalue weighted by Crippen LogP contribution is 2.31. The summed E-state index contributed by atoms with van der Waals surface area (Å²) in [5, 5.41) is 7.63. The Bertz CT molecular complexity index is 1200. The monoisotopic (exact) mass is 427 g/mol. The number of hydrogen-bond acceptors (Lipinski definition) is 3. The molecule has 1 heterocycles. The third-order valence-electron chi connectivity index (χ3n) is 5.82. The Balaban J connectivity index is 1.54. The number of aryl methyl sites for hydroxylation is 1. The molecule has 1 amide bonds. The van der Waals surface area contributed by atoms with Crippen LogP contribution in [-0.2, 0) is 4.79 Å². The van der Waals surface area contributed by atoms with Gasteiger partial charge in [0.05, 0.1) is 13.2 Å². The number of ether oxygens (including phenoxy) is 1. The highest BCUT2D eigenvalue weighted by molar-refractivity contribution is 5.94. The van der Waals surface area contributed by atoms with Crippen LogP contribution < -0.4 is 15.4 Å². The smallest absolute Gasteiger partial charge is 0.241 e. The Morgan fingerprint density at radius 2 is 1.81 bits per heavy atom. The van der Waals surface area contributed by atoms with Crippen molar-refractivity contribution >= 4 is 22.5 Å². The van der Waals surface area contributed by atoms with Crippen molar-refractivity contribution in [1.29, 1.82) is 0 Å². The lowest BCUT2D eigenvalue weighted by Gasteiger charge is -2.21. The molecule has 0 aliphatic carbocycles. The lowest BCUT2D eigenvalue weighted by Crippen LogP contribution is -2.40. The normalized spacial score (nSPS) is 13.0. The van der Waals surface area contributed by atoms with Gasteiger partial charge in [-0.3, -0.25) is 4.79 Å². The topological polar surface area (TPSA) is 66.2 Å². The number of H-pyrrole nitrogens is 1. The summed E-state index contributed by atoms with van der Waals surface area (Å²) in [5.74, 6) is 0.847. The molecule has 5 heteroatoms. The molecule has 0 aliphatic heterocycles. The number of hydrogen-bond donors (Lipinski definition) is 3. The maximum absolute atomic E-state index is 12.8. The molecule has 2 atom stereocenters. The van der Waals surface area contributed by atoms with Crippen molar-refractivity contribution in [2.24, 2.45) is 0 Å². The van der Waals surface area contributed by atoms with Crippen LogP contribution in [0, 0.1) is 6.92 Å². The minimum absolute atomic E-state index is 0.0528. The van der Waals surface area contributed by atoms with E-state index in [1.807, 2.05) is 56.3 Å². The van der Waals surface area contributed by atoms with E-state index in [0.29, 0.717) is 6.54 Å². The van der Waals surface area contributed by atoms with Crippen LogP contribution in [0.4, 0.5) is 5.69 Å². The van der Waals surface area contributed by atoms with Gasteiger partial charge < -0.3 is 20.4 Å². The predicted octanol–water partition coefficient (Wildman–Crippen LogP) is 5.23. The number of aromatic nitrogens is 1. The third kappa shape index (κ3) is 4.84. The molecule has 0 saturated carbocycles. The molecule has 4 aromatic rings. The number of nitrogens with one attached hydrogen (secondary N) is 3. The predicted molar refractivity (Wildman–Crippen MR) is 130 cm³/mol. The van der Waals surface area contributed by atoms with Crippen molar-refractivity contribution < 1.29 is 9.53 Å². The number of methoxy groups -OCH3 is 1. The second-order valence-corrected chi connectivity index (χ2v) is 8.10. The summed E-state index contributed by atoms with van der Waals surface area (Å²) in [6.45, 7) is 4.53. The number of fused-ring (bicyclic) bond motifs is 1. The highest BCUT2D eigenvalue weighted by atomic mass is 16.5. The van der Waals surface area contributed by atoms with Crippen molar-refractivity contribution in [2.45, 2.75) is 25.8 Å². The van der Waals surface area contributed by atoms with Gasteiger partial charge in [-0.2, -0.15) is 0 Å². The summed E-state index contributed by atoms with van der Waals surface area (Å²) in [7, 11) is 1.67. The molecule has 0 fully saturated rings. The molecule has 3 aromatic carbocycles. The number of aromatic amines is 1. The van der Waals surface area contributed by atoms with Gasteiger partial charge in [0.15, 0.2) is 0 Å². The molecule has 1 aromatic heterocycles. The van der Waals surface area contributed by atoms with E-state index in [1.165, 1.54) is 10.9 Å². The van der Waals surface area contributed by atoms with Gasteiger partial charge in [-0.05, 0) is 60.9 Å². The third-order valence-corrected chi connectivity index (χ3v) is 5.82. The lowest BCUT2D eigenvalue weighted by atomic mass is 9.90. The number of para-hydroxylation sites is 1. The first-order valence-electron chi connectivity index (χ1n) is 10.9. The summed E-state index contributed by atoms with van der Waals surface area (Å²) < 4.78 is 5.33. The Kier molecular flexibility index (Phi) is 6.57. The molecule has 0 spiro atoms. The van der Waals surface area contributed by atoms with E-state index in [4.69, 9.17) is 4.74 Å². The van der Waals surface area contributed by atoms with E-state index < -0.39 is 0 Å². The molecule has 0 aliphatic rings. The number of benzene rings is 3. The molecule has 0 unspecified atom stereocenters. The zero-order chi connectivity index (χ0) is 22.5. The minimum atomic E-state index is -0.346. The number of carbonyl (C=O) groups is 1. The zero-order valence-electron chi connectivity index (χ0n) is 18.7. The Morgan fingerprint density at radius 3 is 2.56 bits per heavy atom. The summed E-state index contributed by atoms with van der Waals surface area (Å²) in [6.07, 6.45) is 2.07. The first-order chi connectivity index (χ1) is 15.5. The molecule has 5 nitrogen and oxygen atoms in total. The first-order valence-corrected chi connectivity index (χ1v) is 10.9. The Morgan fingerprint density at radius 1 is 1.03 bits per heavy atom. The van der Waals surface area contributed by atoms with E-state index >= 15 is 0 Å². The van der Waals surface area contributed by atoms with Gasteiger partial charge in [-0.1, -0.05) is 42.5 Å². The van der Waals surface area contributed by atoms with E-state index in [0.717, 1.165) is 28.1 Å². The number of amides is 1. The van der Waals surface area contributed by atoms with E-state index in [9.17, 15) is 4.79 Å². The molecule has 164 valence electrons. The molecule has 4 rings (SSSR count). The first kappa shape index (κ1) is 21.7. The second kappa shape index (κ2) is 9.71. The van der Waals surface area contributed by atoms with Crippen LogP contribution >= 0.6 is 0 Å². The molecular weight excluding hydrogens is 398 g/mol. The molecule has 3 N–H and O–H groups in total. The van der Waals surface area contributed by atoms with E-state index in [2.05, 4.69) is 52.1 Å². The largest absolute Gasteiger partial charge is 0.497 e. The SMILES string of the molecule is COc1ccc([C@@H](CN[C@H](C)C(=O)Nc2cccc(C)c2)c2c[nH]c3ccccc23)cc1. The fourth-order valence-corrected chi connectivity index (χ4v) is 3.99. The van der Waals surface area contributed by atoms with Crippen molar-refractivity contribution in [2.75, 3.05) is 19.0 Å². The van der Waals surface area contributed by atoms with Gasteiger partial charge >= 0.3 is 0 Å². The van der Waals surface area contributed by atoms with Gasteiger partial charge in [-0.25, -0.2) is 0 Å². The van der Waals surface area contributed by atoms with Crippen molar-refractivity contribution in [3.8, 4) is 5.75 Å².